The first-order chi connectivity index (χ1) is 10.1. The minimum absolute atomic E-state index is 0.0569. The molecule has 0 saturated carbocycles. The van der Waals surface area contributed by atoms with Gasteiger partial charge in [-0.15, -0.1) is 0 Å². The van der Waals surface area contributed by atoms with Crippen molar-refractivity contribution < 1.29 is 23.8 Å². The summed E-state index contributed by atoms with van der Waals surface area (Å²) in [5.74, 6) is -2.47. The van der Waals surface area contributed by atoms with E-state index in [-0.39, 0.29) is 11.3 Å². The Balaban J connectivity index is 2.21. The number of benzene rings is 2. The normalized spacial score (nSPS) is 9.95. The number of carboxylic acid groups (broad SMARTS) is 1. The molecule has 0 radical (unpaired) electrons. The molecule has 0 aliphatic carbocycles. The SMILES string of the molecule is O=C(O)COc1cc(F)ccc1C(=O)Nc1ccccc1. The van der Waals surface area contributed by atoms with Crippen LogP contribution in [0.2, 0.25) is 0 Å². The Morgan fingerprint density at radius 3 is 2.52 bits per heavy atom. The van der Waals surface area contributed by atoms with Crippen LogP contribution in [0.15, 0.2) is 48.5 Å². The number of carbonyl (C=O) groups excluding carboxylic acids is 1. The van der Waals surface area contributed by atoms with Gasteiger partial charge in [0, 0.05) is 11.8 Å². The summed E-state index contributed by atoms with van der Waals surface area (Å²) in [6.45, 7) is -0.658. The third-order valence-corrected chi connectivity index (χ3v) is 2.57. The number of para-hydroxylation sites is 1. The molecule has 5 nitrogen and oxygen atoms in total. The molecule has 2 aromatic rings. The van der Waals surface area contributed by atoms with Gasteiger partial charge < -0.3 is 15.2 Å². The van der Waals surface area contributed by atoms with E-state index in [1.54, 1.807) is 30.3 Å². The summed E-state index contributed by atoms with van der Waals surface area (Å²) >= 11 is 0. The van der Waals surface area contributed by atoms with Crippen molar-refractivity contribution in [1.82, 2.24) is 0 Å². The Morgan fingerprint density at radius 2 is 1.86 bits per heavy atom. The van der Waals surface area contributed by atoms with Gasteiger partial charge in [0.25, 0.3) is 5.91 Å². The molecule has 0 heterocycles. The Kier molecular flexibility index (Phi) is 4.50. The smallest absolute Gasteiger partial charge is 0.341 e. The highest BCUT2D eigenvalue weighted by Gasteiger charge is 2.15. The molecule has 1 amide bonds. The van der Waals surface area contributed by atoms with Crippen molar-refractivity contribution in [3.8, 4) is 5.75 Å². The number of nitrogens with one attached hydrogen (secondary N) is 1. The van der Waals surface area contributed by atoms with E-state index < -0.39 is 24.3 Å². The van der Waals surface area contributed by atoms with Crippen molar-refractivity contribution in [3.63, 3.8) is 0 Å². The van der Waals surface area contributed by atoms with Crippen LogP contribution in [0.5, 0.6) is 5.75 Å². The Bertz CT molecular complexity index is 658. The van der Waals surface area contributed by atoms with Crippen LogP contribution in [0, 0.1) is 5.82 Å². The van der Waals surface area contributed by atoms with Gasteiger partial charge in [-0.3, -0.25) is 4.79 Å². The zero-order chi connectivity index (χ0) is 15.2. The zero-order valence-electron chi connectivity index (χ0n) is 10.9. The van der Waals surface area contributed by atoms with Gasteiger partial charge in [-0.05, 0) is 24.3 Å². The number of hydrogen-bond acceptors (Lipinski definition) is 3. The van der Waals surface area contributed by atoms with E-state index in [0.717, 1.165) is 12.1 Å². The van der Waals surface area contributed by atoms with E-state index in [2.05, 4.69) is 5.32 Å². The maximum absolute atomic E-state index is 13.2. The molecule has 0 spiro atoms. The quantitative estimate of drug-likeness (QED) is 0.887. The third kappa shape index (κ3) is 4.04. The summed E-state index contributed by atoms with van der Waals surface area (Å²) < 4.78 is 18.1. The minimum Gasteiger partial charge on any atom is -0.481 e. The van der Waals surface area contributed by atoms with Crippen LogP contribution in [0.4, 0.5) is 10.1 Å². The lowest BCUT2D eigenvalue weighted by Gasteiger charge is -2.10. The van der Waals surface area contributed by atoms with E-state index in [1.807, 2.05) is 0 Å². The van der Waals surface area contributed by atoms with Gasteiger partial charge in [0.15, 0.2) is 6.61 Å². The lowest BCUT2D eigenvalue weighted by molar-refractivity contribution is -0.139. The van der Waals surface area contributed by atoms with E-state index in [1.165, 1.54) is 6.07 Å². The third-order valence-electron chi connectivity index (χ3n) is 2.57. The van der Waals surface area contributed by atoms with Crippen LogP contribution in [0.1, 0.15) is 10.4 Å². The molecule has 2 N–H and O–H groups in total. The molecule has 21 heavy (non-hydrogen) atoms. The maximum atomic E-state index is 13.2. The lowest BCUT2D eigenvalue weighted by atomic mass is 10.1. The van der Waals surface area contributed by atoms with Gasteiger partial charge in [0.05, 0.1) is 5.56 Å². The van der Waals surface area contributed by atoms with Gasteiger partial charge in [0.2, 0.25) is 0 Å². The fourth-order valence-corrected chi connectivity index (χ4v) is 1.66. The van der Waals surface area contributed by atoms with Gasteiger partial charge >= 0.3 is 5.97 Å². The van der Waals surface area contributed by atoms with E-state index in [0.29, 0.717) is 5.69 Å². The molecular formula is C15H12FNO4. The van der Waals surface area contributed by atoms with Gasteiger partial charge in [-0.1, -0.05) is 18.2 Å². The first kappa shape index (κ1) is 14.5. The highest BCUT2D eigenvalue weighted by molar-refractivity contribution is 6.06. The van der Waals surface area contributed by atoms with Gasteiger partial charge in [0.1, 0.15) is 11.6 Å². The average molecular weight is 289 g/mol. The van der Waals surface area contributed by atoms with Crippen LogP contribution in [-0.2, 0) is 4.79 Å². The molecule has 0 unspecified atom stereocenters. The van der Waals surface area contributed by atoms with Crippen molar-refractivity contribution in [2.45, 2.75) is 0 Å². The average Bonchev–Trinajstić information content (AvgIpc) is 2.46. The molecule has 0 aromatic heterocycles. The summed E-state index contributed by atoms with van der Waals surface area (Å²) in [6, 6.07) is 12.0. The Labute approximate surface area is 120 Å². The molecule has 0 aliphatic heterocycles. The standard InChI is InChI=1S/C15H12FNO4/c16-10-6-7-12(13(8-10)21-9-14(18)19)15(20)17-11-4-2-1-3-5-11/h1-8H,9H2,(H,17,20)(H,18,19). The second-order valence-electron chi connectivity index (χ2n) is 4.14. The number of aliphatic carboxylic acids is 1. The first-order valence-electron chi connectivity index (χ1n) is 6.07. The summed E-state index contributed by atoms with van der Waals surface area (Å²) in [6.07, 6.45) is 0. The molecule has 2 rings (SSSR count). The Morgan fingerprint density at radius 1 is 1.14 bits per heavy atom. The number of anilines is 1. The van der Waals surface area contributed by atoms with Crippen LogP contribution in [0.3, 0.4) is 0 Å². The Hall–Kier alpha value is -2.89. The largest absolute Gasteiger partial charge is 0.481 e. The van der Waals surface area contributed by atoms with Crippen molar-refractivity contribution in [2.75, 3.05) is 11.9 Å². The molecule has 6 heteroatoms. The summed E-state index contributed by atoms with van der Waals surface area (Å²) in [5.41, 5.74) is 0.623. The lowest BCUT2D eigenvalue weighted by Crippen LogP contribution is -2.16. The molecule has 108 valence electrons. The number of hydrogen-bond donors (Lipinski definition) is 2. The topological polar surface area (TPSA) is 75.6 Å². The fraction of sp³-hybridized carbons (Fsp3) is 0.0667. The van der Waals surface area contributed by atoms with Crippen molar-refractivity contribution in [3.05, 3.63) is 59.9 Å². The van der Waals surface area contributed by atoms with Crippen molar-refractivity contribution in [2.24, 2.45) is 0 Å². The number of carboxylic acids is 1. The molecule has 0 fully saturated rings. The van der Waals surface area contributed by atoms with Crippen LogP contribution < -0.4 is 10.1 Å². The monoisotopic (exact) mass is 289 g/mol. The number of halogens is 1. The second kappa shape index (κ2) is 6.51. The number of ether oxygens (including phenoxy) is 1. The molecule has 0 bridgehead atoms. The highest BCUT2D eigenvalue weighted by Crippen LogP contribution is 2.21. The molecule has 0 saturated heterocycles. The summed E-state index contributed by atoms with van der Waals surface area (Å²) in [7, 11) is 0. The molecule has 2 aromatic carbocycles. The number of carbonyl (C=O) groups is 2. The minimum atomic E-state index is -1.21. The van der Waals surface area contributed by atoms with E-state index >= 15 is 0 Å². The second-order valence-corrected chi connectivity index (χ2v) is 4.14. The maximum Gasteiger partial charge on any atom is 0.341 e. The van der Waals surface area contributed by atoms with Crippen LogP contribution in [0.25, 0.3) is 0 Å². The number of rotatable bonds is 5. The molecule has 0 aliphatic rings. The van der Waals surface area contributed by atoms with E-state index in [9.17, 15) is 14.0 Å². The zero-order valence-corrected chi connectivity index (χ0v) is 10.9. The summed E-state index contributed by atoms with van der Waals surface area (Å²) in [5, 5.41) is 11.2. The van der Waals surface area contributed by atoms with Crippen molar-refractivity contribution >= 4 is 17.6 Å². The van der Waals surface area contributed by atoms with E-state index in [4.69, 9.17) is 9.84 Å². The van der Waals surface area contributed by atoms with Gasteiger partial charge in [-0.2, -0.15) is 0 Å². The predicted molar refractivity (Wildman–Crippen MR) is 73.9 cm³/mol. The predicted octanol–water partition coefficient (Wildman–Crippen LogP) is 2.54. The van der Waals surface area contributed by atoms with Crippen LogP contribution in [-0.4, -0.2) is 23.6 Å². The van der Waals surface area contributed by atoms with Gasteiger partial charge in [-0.25, -0.2) is 9.18 Å². The first-order valence-corrected chi connectivity index (χ1v) is 6.07. The fourth-order valence-electron chi connectivity index (χ4n) is 1.66. The van der Waals surface area contributed by atoms with Crippen LogP contribution >= 0.6 is 0 Å². The summed E-state index contributed by atoms with van der Waals surface area (Å²) in [4.78, 5) is 22.6. The molecular weight excluding hydrogens is 277 g/mol. The van der Waals surface area contributed by atoms with Crippen molar-refractivity contribution in [1.29, 1.82) is 0 Å². The molecule has 0 atom stereocenters. The number of amides is 1. The highest BCUT2D eigenvalue weighted by atomic mass is 19.1.